The molecule has 1 aromatic heterocycles. The number of rotatable bonds is 4. The summed E-state index contributed by atoms with van der Waals surface area (Å²) in [5.41, 5.74) is 2.23. The van der Waals surface area contributed by atoms with Crippen LogP contribution in [0.3, 0.4) is 0 Å². The number of thiophene rings is 1. The minimum Gasteiger partial charge on any atom is -0.341 e. The van der Waals surface area contributed by atoms with Gasteiger partial charge in [-0.3, -0.25) is 9.59 Å². The zero-order valence-electron chi connectivity index (χ0n) is 16.0. The number of fused-ring (bicyclic) bond motifs is 1. The highest BCUT2D eigenvalue weighted by molar-refractivity contribution is 7.99. The fraction of sp³-hybridized carbons (Fsp3) is 0.273. The van der Waals surface area contributed by atoms with E-state index in [0.717, 1.165) is 34.9 Å². The van der Waals surface area contributed by atoms with Crippen LogP contribution in [0.1, 0.15) is 20.8 Å². The first-order chi connectivity index (χ1) is 14.0. The normalized spacial score (nSPS) is 14.2. The van der Waals surface area contributed by atoms with E-state index in [1.54, 1.807) is 25.1 Å². The summed E-state index contributed by atoms with van der Waals surface area (Å²) in [4.78, 5) is 27.5. The lowest BCUT2D eigenvalue weighted by atomic mass is 10.1. The predicted molar refractivity (Wildman–Crippen MR) is 119 cm³/mol. The second kappa shape index (κ2) is 8.55. The van der Waals surface area contributed by atoms with Crippen molar-refractivity contribution in [3.8, 4) is 0 Å². The van der Waals surface area contributed by atoms with E-state index in [1.165, 1.54) is 17.4 Å². The average Bonchev–Trinajstić information content (AvgIpc) is 3.08. The molecule has 1 aliphatic rings. The van der Waals surface area contributed by atoms with Crippen molar-refractivity contribution in [3.63, 3.8) is 0 Å². The molecule has 4 nitrogen and oxygen atoms in total. The maximum Gasteiger partial charge on any atom is 0.266 e. The number of hydrogen-bond donors (Lipinski definition) is 1. The second-order valence-corrected chi connectivity index (χ2v) is 9.27. The lowest BCUT2D eigenvalue weighted by molar-refractivity contribution is -0.130. The van der Waals surface area contributed by atoms with Crippen LogP contribution < -0.4 is 5.32 Å². The number of amides is 2. The van der Waals surface area contributed by atoms with Crippen LogP contribution in [0.2, 0.25) is 0 Å². The van der Waals surface area contributed by atoms with Crippen LogP contribution in [-0.4, -0.2) is 41.3 Å². The summed E-state index contributed by atoms with van der Waals surface area (Å²) in [5.74, 6) is 1.58. The monoisotopic (exact) mass is 428 g/mol. The van der Waals surface area contributed by atoms with Crippen molar-refractivity contribution in [1.29, 1.82) is 0 Å². The molecule has 1 aliphatic heterocycles. The van der Waals surface area contributed by atoms with Crippen molar-refractivity contribution < 1.29 is 14.0 Å². The Labute approximate surface area is 177 Å². The van der Waals surface area contributed by atoms with Crippen LogP contribution in [0.15, 0.2) is 42.5 Å². The van der Waals surface area contributed by atoms with Crippen LogP contribution in [0.4, 0.5) is 10.1 Å². The van der Waals surface area contributed by atoms with Crippen LogP contribution >= 0.6 is 23.1 Å². The highest BCUT2D eigenvalue weighted by atomic mass is 32.2. The molecule has 1 fully saturated rings. The molecular weight excluding hydrogens is 407 g/mol. The molecule has 150 valence electrons. The molecule has 0 spiro atoms. The minimum atomic E-state index is -0.309. The van der Waals surface area contributed by atoms with Gasteiger partial charge in [0.05, 0.1) is 11.3 Å². The average molecular weight is 429 g/mol. The third kappa shape index (κ3) is 4.31. The van der Waals surface area contributed by atoms with Crippen LogP contribution in [0.25, 0.3) is 10.1 Å². The molecule has 7 heteroatoms. The van der Waals surface area contributed by atoms with Gasteiger partial charge >= 0.3 is 0 Å². The molecule has 0 aliphatic carbocycles. The smallest absolute Gasteiger partial charge is 0.266 e. The Morgan fingerprint density at radius 2 is 1.83 bits per heavy atom. The van der Waals surface area contributed by atoms with Crippen LogP contribution in [0, 0.1) is 12.7 Å². The fourth-order valence-corrected chi connectivity index (χ4v) is 5.48. The lowest BCUT2D eigenvalue weighted by Crippen LogP contribution is -2.38. The Balaban J connectivity index is 1.43. The Morgan fingerprint density at radius 3 is 2.52 bits per heavy atom. The van der Waals surface area contributed by atoms with Gasteiger partial charge in [0.2, 0.25) is 5.91 Å². The summed E-state index contributed by atoms with van der Waals surface area (Å²) in [7, 11) is 0. The second-order valence-electron chi connectivity index (χ2n) is 6.99. The van der Waals surface area contributed by atoms with Crippen molar-refractivity contribution in [2.45, 2.75) is 13.3 Å². The van der Waals surface area contributed by atoms with Crippen molar-refractivity contribution in [3.05, 3.63) is 64.3 Å². The summed E-state index contributed by atoms with van der Waals surface area (Å²) in [6, 6.07) is 12.2. The first kappa shape index (κ1) is 19.9. The van der Waals surface area contributed by atoms with Gasteiger partial charge in [0.15, 0.2) is 0 Å². The number of aryl methyl sites for hydroxylation is 1. The molecule has 1 saturated heterocycles. The Kier molecular flexibility index (Phi) is 5.87. The van der Waals surface area contributed by atoms with E-state index in [0.29, 0.717) is 27.9 Å². The van der Waals surface area contributed by atoms with Gasteiger partial charge in [-0.2, -0.15) is 11.8 Å². The largest absolute Gasteiger partial charge is 0.341 e. The number of halogens is 1. The van der Waals surface area contributed by atoms with E-state index in [1.807, 2.05) is 34.9 Å². The van der Waals surface area contributed by atoms with Gasteiger partial charge in [-0.25, -0.2) is 4.39 Å². The SMILES string of the molecule is Cc1c(C(=O)Nc2ccc(CC(=O)N3CCSCC3)cc2)sc2cccc(F)c12. The molecule has 0 bridgehead atoms. The molecule has 2 heterocycles. The van der Waals surface area contributed by atoms with Gasteiger partial charge in [-0.1, -0.05) is 18.2 Å². The molecule has 0 radical (unpaired) electrons. The van der Waals surface area contributed by atoms with Crippen molar-refractivity contribution in [2.24, 2.45) is 0 Å². The zero-order chi connectivity index (χ0) is 20.4. The topological polar surface area (TPSA) is 49.4 Å². The van der Waals surface area contributed by atoms with E-state index in [2.05, 4.69) is 5.32 Å². The van der Waals surface area contributed by atoms with Gasteiger partial charge in [-0.15, -0.1) is 11.3 Å². The molecule has 29 heavy (non-hydrogen) atoms. The number of carbonyl (C=O) groups is 2. The minimum absolute atomic E-state index is 0.144. The number of nitrogens with one attached hydrogen (secondary N) is 1. The molecule has 2 aromatic carbocycles. The molecule has 4 rings (SSSR count). The lowest BCUT2D eigenvalue weighted by Gasteiger charge is -2.26. The summed E-state index contributed by atoms with van der Waals surface area (Å²) in [6.45, 7) is 3.39. The van der Waals surface area contributed by atoms with Gasteiger partial charge in [0.1, 0.15) is 5.82 Å². The van der Waals surface area contributed by atoms with Crippen LogP contribution in [-0.2, 0) is 11.2 Å². The highest BCUT2D eigenvalue weighted by Gasteiger charge is 2.19. The Hall–Kier alpha value is -2.38. The standard InChI is InChI=1S/C22H21FN2O2S2/c1-14-20-17(23)3-2-4-18(20)29-21(14)22(27)24-16-7-5-15(6-8-16)13-19(26)25-9-11-28-12-10-25/h2-8H,9-13H2,1H3,(H,24,27). The molecule has 0 unspecified atom stereocenters. The molecule has 0 saturated carbocycles. The quantitative estimate of drug-likeness (QED) is 0.654. The van der Waals surface area contributed by atoms with Gasteiger partial charge in [-0.05, 0) is 42.3 Å². The molecule has 3 aromatic rings. The van der Waals surface area contributed by atoms with Gasteiger partial charge < -0.3 is 10.2 Å². The van der Waals surface area contributed by atoms with E-state index < -0.39 is 0 Å². The van der Waals surface area contributed by atoms with Crippen LogP contribution in [0.5, 0.6) is 0 Å². The van der Waals surface area contributed by atoms with Gasteiger partial charge in [0, 0.05) is 40.4 Å². The Morgan fingerprint density at radius 1 is 1.10 bits per heavy atom. The van der Waals surface area contributed by atoms with Crippen molar-refractivity contribution >= 4 is 50.7 Å². The number of thioether (sulfide) groups is 1. The van der Waals surface area contributed by atoms with Crippen molar-refractivity contribution in [2.75, 3.05) is 29.9 Å². The zero-order valence-corrected chi connectivity index (χ0v) is 17.7. The number of benzene rings is 2. The Bertz CT molecular complexity index is 1060. The number of nitrogens with zero attached hydrogens (tertiary/aromatic N) is 1. The molecule has 2 amide bonds. The molecular formula is C22H21FN2O2S2. The first-order valence-electron chi connectivity index (χ1n) is 9.46. The fourth-order valence-electron chi connectivity index (χ4n) is 3.46. The van der Waals surface area contributed by atoms with Gasteiger partial charge in [0.25, 0.3) is 5.91 Å². The number of carbonyl (C=O) groups excluding carboxylic acids is 2. The summed E-state index contributed by atoms with van der Waals surface area (Å²) < 4.78 is 14.8. The van der Waals surface area contributed by atoms with E-state index >= 15 is 0 Å². The third-order valence-electron chi connectivity index (χ3n) is 5.04. The number of hydrogen-bond acceptors (Lipinski definition) is 4. The molecule has 1 N–H and O–H groups in total. The summed E-state index contributed by atoms with van der Waals surface area (Å²) in [6.07, 6.45) is 0.369. The summed E-state index contributed by atoms with van der Waals surface area (Å²) in [5, 5.41) is 3.38. The predicted octanol–water partition coefficient (Wildman–Crippen LogP) is 4.72. The maximum atomic E-state index is 14.1. The first-order valence-corrected chi connectivity index (χ1v) is 11.4. The van der Waals surface area contributed by atoms with Crippen molar-refractivity contribution in [1.82, 2.24) is 4.90 Å². The number of anilines is 1. The maximum absolute atomic E-state index is 14.1. The van der Waals surface area contributed by atoms with E-state index in [-0.39, 0.29) is 17.6 Å². The van der Waals surface area contributed by atoms with E-state index in [9.17, 15) is 14.0 Å². The third-order valence-corrected chi connectivity index (χ3v) is 7.24. The van der Waals surface area contributed by atoms with E-state index in [4.69, 9.17) is 0 Å². The highest BCUT2D eigenvalue weighted by Crippen LogP contribution is 2.33. The molecule has 0 atom stereocenters. The summed E-state index contributed by atoms with van der Waals surface area (Å²) >= 11 is 3.17.